The maximum absolute atomic E-state index is 12.9. The average molecular weight is 572 g/mol. The third-order valence-corrected chi connectivity index (χ3v) is 7.46. The van der Waals surface area contributed by atoms with Crippen LogP contribution in [0.3, 0.4) is 0 Å². The number of nitrogens with zero attached hydrogens (tertiary/aromatic N) is 3. The highest BCUT2D eigenvalue weighted by Gasteiger charge is 2.25. The number of carbonyl (C=O) groups is 2. The summed E-state index contributed by atoms with van der Waals surface area (Å²) >= 11 is 6.58. The molecule has 3 aromatic rings. The lowest BCUT2D eigenvalue weighted by Gasteiger charge is -2.16. The fraction of sp³-hybridized carbons (Fsp3) is 0.613. The van der Waals surface area contributed by atoms with Crippen LogP contribution in [0.2, 0.25) is 5.02 Å². The van der Waals surface area contributed by atoms with Crippen LogP contribution in [0.25, 0.3) is 17.0 Å². The SMILES string of the molecule is CCCCCCCCCCCCOC(=O)CC(C)C(=O)Nc1ccccc1-c1nc2c(Cl)c(C(C)(C)C)[nH]n2n1. The highest BCUT2D eigenvalue weighted by Crippen LogP contribution is 2.33. The minimum absolute atomic E-state index is 0.0304. The summed E-state index contributed by atoms with van der Waals surface area (Å²) in [6.45, 7) is 10.6. The van der Waals surface area contributed by atoms with Crippen LogP contribution in [0, 0.1) is 5.92 Å². The van der Waals surface area contributed by atoms with Gasteiger partial charge in [0.25, 0.3) is 0 Å². The van der Waals surface area contributed by atoms with Crippen molar-refractivity contribution in [3.05, 3.63) is 35.0 Å². The molecule has 2 aromatic heterocycles. The Kier molecular flexibility index (Phi) is 12.0. The summed E-state index contributed by atoms with van der Waals surface area (Å²) < 4.78 is 6.95. The van der Waals surface area contributed by atoms with Crippen LogP contribution in [0.1, 0.15) is 111 Å². The zero-order valence-corrected chi connectivity index (χ0v) is 25.6. The molecular weight excluding hydrogens is 526 g/mol. The summed E-state index contributed by atoms with van der Waals surface area (Å²) in [5.41, 5.74) is 2.43. The van der Waals surface area contributed by atoms with Crippen molar-refractivity contribution in [2.24, 2.45) is 5.92 Å². The van der Waals surface area contributed by atoms with Gasteiger partial charge in [0.2, 0.25) is 5.91 Å². The van der Waals surface area contributed by atoms with Gasteiger partial charge in [-0.15, -0.1) is 5.10 Å². The standard InChI is InChI=1S/C31H46ClN5O3/c1-6-7-8-9-10-11-12-13-14-17-20-40-25(38)21-22(2)30(39)33-24-19-16-15-18-23(24)28-34-29-26(32)27(31(3,4)5)35-37(29)36-28/h15-16,18-19,22,35H,6-14,17,20-21H2,1-5H3,(H,33,39). The van der Waals surface area contributed by atoms with Gasteiger partial charge in [-0.25, -0.2) is 4.98 Å². The van der Waals surface area contributed by atoms with Crippen molar-refractivity contribution in [3.8, 4) is 11.4 Å². The maximum Gasteiger partial charge on any atom is 0.306 e. The minimum Gasteiger partial charge on any atom is -0.466 e. The summed E-state index contributed by atoms with van der Waals surface area (Å²) in [5.74, 6) is -0.711. The van der Waals surface area contributed by atoms with Crippen LogP contribution < -0.4 is 5.32 Å². The Bertz CT molecular complexity index is 1240. The maximum atomic E-state index is 12.9. The number of ether oxygens (including phenoxy) is 1. The molecule has 0 aliphatic rings. The molecule has 0 spiro atoms. The fourth-order valence-electron chi connectivity index (χ4n) is 4.63. The molecule has 3 rings (SSSR count). The van der Waals surface area contributed by atoms with Gasteiger partial charge in [-0.05, 0) is 18.6 Å². The van der Waals surface area contributed by atoms with E-state index in [2.05, 4.69) is 48.2 Å². The molecule has 1 amide bonds. The van der Waals surface area contributed by atoms with E-state index < -0.39 is 5.92 Å². The van der Waals surface area contributed by atoms with E-state index in [1.165, 1.54) is 51.4 Å². The highest BCUT2D eigenvalue weighted by molar-refractivity contribution is 6.34. The lowest BCUT2D eigenvalue weighted by atomic mass is 9.92. The minimum atomic E-state index is -0.540. The number of aromatic nitrogens is 4. The molecule has 1 atom stereocenters. The summed E-state index contributed by atoms with van der Waals surface area (Å²) in [6, 6.07) is 7.32. The molecule has 1 unspecified atom stereocenters. The van der Waals surface area contributed by atoms with E-state index >= 15 is 0 Å². The average Bonchev–Trinajstić information content (AvgIpc) is 3.46. The Morgan fingerprint density at radius 1 is 1.02 bits per heavy atom. The van der Waals surface area contributed by atoms with Crippen molar-refractivity contribution >= 4 is 34.8 Å². The van der Waals surface area contributed by atoms with Gasteiger partial charge < -0.3 is 10.1 Å². The molecule has 0 radical (unpaired) electrons. The van der Waals surface area contributed by atoms with Gasteiger partial charge >= 0.3 is 5.97 Å². The number of fused-ring (bicyclic) bond motifs is 1. The first-order valence-electron chi connectivity index (χ1n) is 14.8. The number of para-hydroxylation sites is 1. The first kappa shape index (κ1) is 31.7. The number of aromatic amines is 1. The molecule has 0 aliphatic heterocycles. The molecule has 0 fully saturated rings. The normalized spacial score (nSPS) is 12.6. The third-order valence-electron chi connectivity index (χ3n) is 7.10. The number of benzene rings is 1. The molecule has 2 N–H and O–H groups in total. The van der Waals surface area contributed by atoms with Crippen molar-refractivity contribution in [1.82, 2.24) is 19.8 Å². The molecule has 40 heavy (non-hydrogen) atoms. The second-order valence-corrected chi connectivity index (χ2v) is 12.1. The molecule has 9 heteroatoms. The molecule has 8 nitrogen and oxygen atoms in total. The number of halogens is 1. The number of H-pyrrole nitrogens is 1. The molecule has 1 aromatic carbocycles. The first-order chi connectivity index (χ1) is 19.1. The number of rotatable bonds is 16. The zero-order valence-electron chi connectivity index (χ0n) is 24.8. The molecule has 0 saturated carbocycles. The number of anilines is 1. The van der Waals surface area contributed by atoms with E-state index in [-0.39, 0.29) is 23.7 Å². The quantitative estimate of drug-likeness (QED) is 0.133. The van der Waals surface area contributed by atoms with E-state index in [0.717, 1.165) is 18.5 Å². The number of hydrogen-bond donors (Lipinski definition) is 2. The molecule has 0 bridgehead atoms. The van der Waals surface area contributed by atoms with E-state index in [1.807, 2.05) is 18.2 Å². The molecule has 0 saturated heterocycles. The lowest BCUT2D eigenvalue weighted by Crippen LogP contribution is -2.24. The fourth-order valence-corrected chi connectivity index (χ4v) is 5.08. The highest BCUT2D eigenvalue weighted by atomic mass is 35.5. The van der Waals surface area contributed by atoms with Crippen LogP contribution in [-0.4, -0.2) is 38.3 Å². The van der Waals surface area contributed by atoms with Gasteiger partial charge in [-0.2, -0.15) is 4.63 Å². The predicted molar refractivity (Wildman–Crippen MR) is 162 cm³/mol. The summed E-state index contributed by atoms with van der Waals surface area (Å²) in [5, 5.41) is 11.2. The van der Waals surface area contributed by atoms with E-state index in [0.29, 0.717) is 34.4 Å². The van der Waals surface area contributed by atoms with Crippen LogP contribution in [-0.2, 0) is 19.7 Å². The van der Waals surface area contributed by atoms with Crippen molar-refractivity contribution in [1.29, 1.82) is 0 Å². The number of unbranched alkanes of at least 4 members (excludes halogenated alkanes) is 9. The molecule has 220 valence electrons. The van der Waals surface area contributed by atoms with Gasteiger partial charge in [0.05, 0.1) is 24.4 Å². The van der Waals surface area contributed by atoms with Crippen LogP contribution >= 0.6 is 11.6 Å². The number of hydrogen-bond acceptors (Lipinski definition) is 5. The Labute approximate surface area is 243 Å². The van der Waals surface area contributed by atoms with E-state index in [1.54, 1.807) is 17.6 Å². The van der Waals surface area contributed by atoms with Gasteiger partial charge in [0, 0.05) is 16.9 Å². The van der Waals surface area contributed by atoms with Gasteiger partial charge in [-0.1, -0.05) is 116 Å². The molecular formula is C31H46ClN5O3. The van der Waals surface area contributed by atoms with E-state index in [4.69, 9.17) is 16.3 Å². The van der Waals surface area contributed by atoms with Gasteiger partial charge in [0.1, 0.15) is 5.02 Å². The summed E-state index contributed by atoms with van der Waals surface area (Å²) in [7, 11) is 0. The third kappa shape index (κ3) is 9.08. The van der Waals surface area contributed by atoms with Crippen molar-refractivity contribution in [2.75, 3.05) is 11.9 Å². The molecule has 2 heterocycles. The Hall–Kier alpha value is -2.87. The Morgan fingerprint density at radius 3 is 2.27 bits per heavy atom. The number of nitrogens with one attached hydrogen (secondary N) is 2. The van der Waals surface area contributed by atoms with Crippen LogP contribution in [0.15, 0.2) is 24.3 Å². The summed E-state index contributed by atoms with van der Waals surface area (Å²) in [6.07, 6.45) is 12.3. The predicted octanol–water partition coefficient (Wildman–Crippen LogP) is 8.10. The van der Waals surface area contributed by atoms with Crippen LogP contribution in [0.5, 0.6) is 0 Å². The van der Waals surface area contributed by atoms with Crippen molar-refractivity contribution in [3.63, 3.8) is 0 Å². The topological polar surface area (TPSA) is 101 Å². The zero-order chi connectivity index (χ0) is 29.1. The number of carbonyl (C=O) groups excluding carboxylic acids is 2. The first-order valence-corrected chi connectivity index (χ1v) is 15.2. The van der Waals surface area contributed by atoms with Crippen LogP contribution in [0.4, 0.5) is 5.69 Å². The number of amides is 1. The largest absolute Gasteiger partial charge is 0.466 e. The van der Waals surface area contributed by atoms with Gasteiger partial charge in [0.15, 0.2) is 11.5 Å². The second-order valence-electron chi connectivity index (χ2n) is 11.8. The van der Waals surface area contributed by atoms with Crippen molar-refractivity contribution in [2.45, 2.75) is 111 Å². The Morgan fingerprint density at radius 2 is 1.65 bits per heavy atom. The lowest BCUT2D eigenvalue weighted by molar-refractivity contribution is -0.146. The van der Waals surface area contributed by atoms with Gasteiger partial charge in [-0.3, -0.25) is 14.7 Å². The number of esters is 1. The smallest absolute Gasteiger partial charge is 0.306 e. The molecule has 0 aliphatic carbocycles. The monoisotopic (exact) mass is 571 g/mol. The van der Waals surface area contributed by atoms with E-state index in [9.17, 15) is 9.59 Å². The summed E-state index contributed by atoms with van der Waals surface area (Å²) in [4.78, 5) is 29.9. The van der Waals surface area contributed by atoms with Crippen molar-refractivity contribution < 1.29 is 14.3 Å². The second kappa shape index (κ2) is 15.2. The Balaban J connectivity index is 1.45.